The van der Waals surface area contributed by atoms with Crippen LogP contribution in [0, 0.1) is 11.3 Å². The molecule has 0 aliphatic carbocycles. The smallest absolute Gasteiger partial charge is 0.119 e. The molecule has 1 aromatic heterocycles. The Morgan fingerprint density at radius 3 is 2.90 bits per heavy atom. The molecule has 0 bridgehead atoms. The van der Waals surface area contributed by atoms with Crippen LogP contribution in [0.2, 0.25) is 0 Å². The summed E-state index contributed by atoms with van der Waals surface area (Å²) in [7, 11) is 1.65. The molecule has 1 N–H and O–H groups in total. The van der Waals surface area contributed by atoms with Crippen LogP contribution in [0.15, 0.2) is 42.5 Å². The van der Waals surface area contributed by atoms with Gasteiger partial charge in [-0.3, -0.25) is 0 Å². The zero-order valence-electron chi connectivity index (χ0n) is 11.1. The molecule has 0 spiro atoms. The van der Waals surface area contributed by atoms with Crippen molar-refractivity contribution in [3.63, 3.8) is 0 Å². The number of rotatable bonds is 3. The van der Waals surface area contributed by atoms with E-state index in [1.165, 1.54) is 0 Å². The van der Waals surface area contributed by atoms with Crippen LogP contribution in [0.3, 0.4) is 0 Å². The van der Waals surface area contributed by atoms with Crippen molar-refractivity contribution < 1.29 is 4.74 Å². The summed E-state index contributed by atoms with van der Waals surface area (Å²) in [5.41, 5.74) is 3.33. The fourth-order valence-electron chi connectivity index (χ4n) is 2.23. The molecule has 20 heavy (non-hydrogen) atoms. The molecule has 0 fully saturated rings. The van der Waals surface area contributed by atoms with Crippen molar-refractivity contribution in [3.8, 4) is 11.8 Å². The maximum absolute atomic E-state index is 9.08. The third-order valence-corrected chi connectivity index (χ3v) is 3.19. The zero-order chi connectivity index (χ0) is 13.9. The molecule has 98 valence electrons. The molecule has 4 heteroatoms. The predicted molar refractivity (Wildman–Crippen MR) is 76.6 cm³/mol. The van der Waals surface area contributed by atoms with Gasteiger partial charge < -0.3 is 9.72 Å². The number of nitriles is 1. The van der Waals surface area contributed by atoms with E-state index in [2.05, 4.69) is 16.0 Å². The highest BCUT2D eigenvalue weighted by molar-refractivity contribution is 5.81. The van der Waals surface area contributed by atoms with Crippen molar-refractivity contribution in [1.29, 1.82) is 5.26 Å². The maximum Gasteiger partial charge on any atom is 0.119 e. The fraction of sp³-hybridized carbons (Fsp3) is 0.125. The van der Waals surface area contributed by atoms with Crippen LogP contribution in [-0.4, -0.2) is 17.1 Å². The van der Waals surface area contributed by atoms with Crippen LogP contribution >= 0.6 is 0 Å². The lowest BCUT2D eigenvalue weighted by Crippen LogP contribution is -1.91. The average Bonchev–Trinajstić information content (AvgIpc) is 2.89. The van der Waals surface area contributed by atoms with E-state index in [4.69, 9.17) is 10.00 Å². The highest BCUT2D eigenvalue weighted by atomic mass is 16.5. The highest BCUT2D eigenvalue weighted by Gasteiger charge is 2.07. The molecule has 0 amide bonds. The Kier molecular flexibility index (Phi) is 3.10. The Bertz CT molecular complexity index is 799. The van der Waals surface area contributed by atoms with Crippen LogP contribution in [0.5, 0.6) is 5.75 Å². The number of benzene rings is 2. The van der Waals surface area contributed by atoms with Crippen molar-refractivity contribution in [2.75, 3.05) is 7.11 Å². The quantitative estimate of drug-likeness (QED) is 0.790. The first-order valence-electron chi connectivity index (χ1n) is 6.31. The number of nitrogens with one attached hydrogen (secondary N) is 1. The highest BCUT2D eigenvalue weighted by Crippen LogP contribution is 2.19. The molecule has 0 unspecified atom stereocenters. The second-order valence-electron chi connectivity index (χ2n) is 4.53. The lowest BCUT2D eigenvalue weighted by molar-refractivity contribution is 0.414. The standard InChI is InChI=1S/C16H13N3O/c1-20-13-6-2-4-11(8-13)9-15-18-14-7-3-5-12(10-17)16(14)19-15/h2-8H,9H2,1H3,(H,18,19). The van der Waals surface area contributed by atoms with E-state index in [0.29, 0.717) is 12.0 Å². The lowest BCUT2D eigenvalue weighted by Gasteiger charge is -2.02. The van der Waals surface area contributed by atoms with Crippen LogP contribution in [0.4, 0.5) is 0 Å². The van der Waals surface area contributed by atoms with Crippen molar-refractivity contribution in [3.05, 3.63) is 59.4 Å². The van der Waals surface area contributed by atoms with Crippen molar-refractivity contribution in [2.45, 2.75) is 6.42 Å². The number of methoxy groups -OCH3 is 1. The summed E-state index contributed by atoms with van der Waals surface area (Å²) in [6.45, 7) is 0. The zero-order valence-corrected chi connectivity index (χ0v) is 11.1. The SMILES string of the molecule is COc1cccc(Cc2nc3c(C#N)cccc3[nH]2)c1. The molecule has 3 rings (SSSR count). The first-order chi connectivity index (χ1) is 9.80. The van der Waals surface area contributed by atoms with Gasteiger partial charge in [0.05, 0.1) is 18.2 Å². The molecule has 1 heterocycles. The summed E-state index contributed by atoms with van der Waals surface area (Å²) < 4.78 is 5.21. The summed E-state index contributed by atoms with van der Waals surface area (Å²) >= 11 is 0. The van der Waals surface area contributed by atoms with E-state index in [1.54, 1.807) is 13.2 Å². The van der Waals surface area contributed by atoms with E-state index in [0.717, 1.165) is 28.2 Å². The molecular weight excluding hydrogens is 250 g/mol. The van der Waals surface area contributed by atoms with E-state index in [9.17, 15) is 0 Å². The lowest BCUT2D eigenvalue weighted by atomic mass is 10.1. The number of H-pyrrole nitrogens is 1. The predicted octanol–water partition coefficient (Wildman–Crippen LogP) is 3.03. The summed E-state index contributed by atoms with van der Waals surface area (Å²) in [5, 5.41) is 9.08. The van der Waals surface area contributed by atoms with E-state index < -0.39 is 0 Å². The minimum absolute atomic E-state index is 0.593. The normalized spacial score (nSPS) is 10.4. The van der Waals surface area contributed by atoms with Crippen molar-refractivity contribution in [1.82, 2.24) is 9.97 Å². The Labute approximate surface area is 116 Å². The van der Waals surface area contributed by atoms with Gasteiger partial charge in [0, 0.05) is 6.42 Å². The first kappa shape index (κ1) is 12.2. The van der Waals surface area contributed by atoms with Crippen LogP contribution in [-0.2, 0) is 6.42 Å². The van der Waals surface area contributed by atoms with Gasteiger partial charge in [0.15, 0.2) is 0 Å². The van der Waals surface area contributed by atoms with Crippen LogP contribution < -0.4 is 4.74 Å². The Balaban J connectivity index is 1.97. The second-order valence-corrected chi connectivity index (χ2v) is 4.53. The number of imidazole rings is 1. The van der Waals surface area contributed by atoms with Gasteiger partial charge in [-0.2, -0.15) is 5.26 Å². The molecule has 0 saturated carbocycles. The fourth-order valence-corrected chi connectivity index (χ4v) is 2.23. The monoisotopic (exact) mass is 263 g/mol. The molecular formula is C16H13N3O. The number of ether oxygens (including phenoxy) is 1. The summed E-state index contributed by atoms with van der Waals surface area (Å²) in [6.07, 6.45) is 0.677. The number of aromatic nitrogens is 2. The number of fused-ring (bicyclic) bond motifs is 1. The van der Waals surface area contributed by atoms with Crippen LogP contribution in [0.25, 0.3) is 11.0 Å². The van der Waals surface area contributed by atoms with Gasteiger partial charge in [-0.05, 0) is 29.8 Å². The van der Waals surface area contributed by atoms with E-state index in [-0.39, 0.29) is 0 Å². The van der Waals surface area contributed by atoms with E-state index in [1.807, 2.05) is 36.4 Å². The third kappa shape index (κ3) is 2.21. The molecule has 0 aliphatic heterocycles. The van der Waals surface area contributed by atoms with Gasteiger partial charge in [-0.25, -0.2) is 4.98 Å². The molecule has 3 aromatic rings. The molecule has 4 nitrogen and oxygen atoms in total. The number of para-hydroxylation sites is 1. The number of hydrogen-bond acceptors (Lipinski definition) is 3. The average molecular weight is 263 g/mol. The molecule has 0 radical (unpaired) electrons. The van der Waals surface area contributed by atoms with Gasteiger partial charge in [0.1, 0.15) is 23.2 Å². The largest absolute Gasteiger partial charge is 0.497 e. The van der Waals surface area contributed by atoms with Gasteiger partial charge in [-0.15, -0.1) is 0 Å². The summed E-state index contributed by atoms with van der Waals surface area (Å²) in [6, 6.07) is 15.6. The molecule has 0 saturated heterocycles. The van der Waals surface area contributed by atoms with Crippen LogP contribution in [0.1, 0.15) is 17.0 Å². The second kappa shape index (κ2) is 5.06. The van der Waals surface area contributed by atoms with Crippen molar-refractivity contribution >= 4 is 11.0 Å². The Morgan fingerprint density at radius 2 is 2.10 bits per heavy atom. The minimum atomic E-state index is 0.593. The van der Waals surface area contributed by atoms with Crippen molar-refractivity contribution in [2.24, 2.45) is 0 Å². The number of nitrogens with zero attached hydrogens (tertiary/aromatic N) is 2. The van der Waals surface area contributed by atoms with E-state index >= 15 is 0 Å². The minimum Gasteiger partial charge on any atom is -0.497 e. The topological polar surface area (TPSA) is 61.7 Å². The molecule has 0 aliphatic rings. The van der Waals surface area contributed by atoms with Gasteiger partial charge in [0.25, 0.3) is 0 Å². The number of aromatic amines is 1. The molecule has 0 atom stereocenters. The summed E-state index contributed by atoms with van der Waals surface area (Å²) in [4.78, 5) is 7.77. The van der Waals surface area contributed by atoms with Gasteiger partial charge in [0.2, 0.25) is 0 Å². The Hall–Kier alpha value is -2.80. The maximum atomic E-state index is 9.08. The van der Waals surface area contributed by atoms with Gasteiger partial charge >= 0.3 is 0 Å². The first-order valence-corrected chi connectivity index (χ1v) is 6.31. The number of hydrogen-bond donors (Lipinski definition) is 1. The summed E-state index contributed by atoms with van der Waals surface area (Å²) in [5.74, 6) is 1.67. The Morgan fingerprint density at radius 1 is 1.25 bits per heavy atom. The molecule has 2 aromatic carbocycles. The van der Waals surface area contributed by atoms with Gasteiger partial charge in [-0.1, -0.05) is 18.2 Å². The third-order valence-electron chi connectivity index (χ3n) is 3.19.